The molecule has 0 heterocycles. The average molecular weight is 275 g/mol. The van der Waals surface area contributed by atoms with Crippen LogP contribution in [0.4, 0.5) is 10.1 Å². The number of anilines is 1. The number of benzene rings is 1. The molecule has 1 aromatic carbocycles. The third kappa shape index (κ3) is 7.25. The van der Waals surface area contributed by atoms with Crippen LogP contribution in [0.25, 0.3) is 0 Å². The van der Waals surface area contributed by atoms with Crippen molar-refractivity contribution in [1.29, 1.82) is 0 Å². The summed E-state index contributed by atoms with van der Waals surface area (Å²) >= 11 is 0. The summed E-state index contributed by atoms with van der Waals surface area (Å²) in [7, 11) is 0. The molecule has 0 saturated heterocycles. The second-order valence-corrected chi connectivity index (χ2v) is 4.01. The van der Waals surface area contributed by atoms with Gasteiger partial charge in [0, 0.05) is 12.1 Å². The number of hydrogen-bond acceptors (Lipinski definition) is 2. The third-order valence-electron chi connectivity index (χ3n) is 2.47. The number of hydrogen-bond donors (Lipinski definition) is 2. The van der Waals surface area contributed by atoms with E-state index < -0.39 is 0 Å². The summed E-state index contributed by atoms with van der Waals surface area (Å²) in [6.45, 7) is 0.704. The van der Waals surface area contributed by atoms with E-state index in [9.17, 15) is 9.18 Å². The molecule has 0 aliphatic carbocycles. The highest BCUT2D eigenvalue weighted by atomic mass is 35.5. The number of nitrogens with two attached hydrogens (primary N) is 1. The first kappa shape index (κ1) is 16.9. The first-order valence-corrected chi connectivity index (χ1v) is 5.98. The van der Waals surface area contributed by atoms with Crippen molar-refractivity contribution in [3.8, 4) is 0 Å². The van der Waals surface area contributed by atoms with Crippen LogP contribution in [0.2, 0.25) is 0 Å². The van der Waals surface area contributed by atoms with Crippen molar-refractivity contribution < 1.29 is 9.18 Å². The van der Waals surface area contributed by atoms with Gasteiger partial charge in [0.05, 0.1) is 0 Å². The van der Waals surface area contributed by atoms with Crippen molar-refractivity contribution in [1.82, 2.24) is 0 Å². The van der Waals surface area contributed by atoms with Gasteiger partial charge < -0.3 is 11.1 Å². The van der Waals surface area contributed by atoms with Gasteiger partial charge in [0.25, 0.3) is 0 Å². The van der Waals surface area contributed by atoms with Gasteiger partial charge in [-0.2, -0.15) is 0 Å². The molecule has 0 atom stereocenters. The highest BCUT2D eigenvalue weighted by molar-refractivity contribution is 5.90. The Labute approximate surface area is 113 Å². The maximum absolute atomic E-state index is 12.8. The average Bonchev–Trinajstić information content (AvgIpc) is 2.29. The lowest BCUT2D eigenvalue weighted by Crippen LogP contribution is -2.11. The maximum Gasteiger partial charge on any atom is 0.224 e. The van der Waals surface area contributed by atoms with Gasteiger partial charge in [-0.1, -0.05) is 18.9 Å². The van der Waals surface area contributed by atoms with Gasteiger partial charge in [-0.05, 0) is 37.6 Å². The van der Waals surface area contributed by atoms with Crippen LogP contribution in [0.3, 0.4) is 0 Å². The Morgan fingerprint density at radius 1 is 1.22 bits per heavy atom. The molecule has 1 amide bonds. The second-order valence-electron chi connectivity index (χ2n) is 4.01. The van der Waals surface area contributed by atoms with Crippen LogP contribution in [-0.4, -0.2) is 12.5 Å². The molecule has 1 rings (SSSR count). The molecule has 0 radical (unpaired) electrons. The quantitative estimate of drug-likeness (QED) is 0.751. The summed E-state index contributed by atoms with van der Waals surface area (Å²) in [5, 5.41) is 2.67. The topological polar surface area (TPSA) is 55.1 Å². The van der Waals surface area contributed by atoms with Crippen LogP contribution >= 0.6 is 12.4 Å². The lowest BCUT2D eigenvalue weighted by molar-refractivity contribution is -0.116. The molecule has 18 heavy (non-hydrogen) atoms. The Hall–Kier alpha value is -1.13. The summed E-state index contributed by atoms with van der Waals surface area (Å²) in [4.78, 5) is 11.5. The molecule has 0 spiro atoms. The van der Waals surface area contributed by atoms with Crippen molar-refractivity contribution in [2.75, 3.05) is 11.9 Å². The van der Waals surface area contributed by atoms with Gasteiger partial charge in [0.2, 0.25) is 5.91 Å². The van der Waals surface area contributed by atoms with Gasteiger partial charge in [0.1, 0.15) is 5.82 Å². The highest BCUT2D eigenvalue weighted by Crippen LogP contribution is 2.10. The Morgan fingerprint density at radius 2 is 1.94 bits per heavy atom. The lowest BCUT2D eigenvalue weighted by Gasteiger charge is -2.05. The molecule has 0 fully saturated rings. The van der Waals surface area contributed by atoms with E-state index in [2.05, 4.69) is 5.32 Å². The Bertz CT molecular complexity index is 361. The van der Waals surface area contributed by atoms with Crippen molar-refractivity contribution in [2.24, 2.45) is 5.73 Å². The van der Waals surface area contributed by atoms with E-state index in [0.29, 0.717) is 18.7 Å². The van der Waals surface area contributed by atoms with E-state index in [1.165, 1.54) is 12.1 Å². The molecule has 0 aliphatic rings. The molecule has 0 aliphatic heterocycles. The molecule has 0 aromatic heterocycles. The molecule has 3 N–H and O–H groups in total. The number of rotatable bonds is 7. The predicted octanol–water partition coefficient (Wildman–Crippen LogP) is 3.10. The van der Waals surface area contributed by atoms with E-state index in [1.807, 2.05) is 0 Å². The lowest BCUT2D eigenvalue weighted by atomic mass is 10.1. The summed E-state index contributed by atoms with van der Waals surface area (Å²) in [5.41, 5.74) is 5.88. The fourth-order valence-corrected chi connectivity index (χ4v) is 1.57. The maximum atomic E-state index is 12.8. The van der Waals surface area contributed by atoms with Gasteiger partial charge in [-0.15, -0.1) is 12.4 Å². The van der Waals surface area contributed by atoms with Crippen LogP contribution in [-0.2, 0) is 4.79 Å². The standard InChI is InChI=1S/C13H19FN2O.ClH/c14-11-6-5-7-12(10-11)16-13(17)8-3-1-2-4-9-15;/h5-7,10H,1-4,8-9,15H2,(H,16,17);1H. The number of carbonyl (C=O) groups is 1. The number of halogens is 2. The third-order valence-corrected chi connectivity index (χ3v) is 2.47. The van der Waals surface area contributed by atoms with E-state index in [4.69, 9.17) is 5.73 Å². The van der Waals surface area contributed by atoms with E-state index >= 15 is 0 Å². The number of nitrogens with one attached hydrogen (secondary N) is 1. The van der Waals surface area contributed by atoms with Crippen molar-refractivity contribution in [3.63, 3.8) is 0 Å². The molecule has 0 saturated carbocycles. The van der Waals surface area contributed by atoms with E-state index in [-0.39, 0.29) is 24.1 Å². The summed E-state index contributed by atoms with van der Waals surface area (Å²) in [5.74, 6) is -0.408. The van der Waals surface area contributed by atoms with Gasteiger partial charge in [-0.3, -0.25) is 4.79 Å². The first-order chi connectivity index (χ1) is 8.22. The SMILES string of the molecule is Cl.NCCCCCCC(=O)Nc1cccc(F)c1. The molecular formula is C13H20ClFN2O. The minimum atomic E-state index is -0.342. The smallest absolute Gasteiger partial charge is 0.224 e. The molecule has 3 nitrogen and oxygen atoms in total. The largest absolute Gasteiger partial charge is 0.330 e. The number of unbranched alkanes of at least 4 members (excludes halogenated alkanes) is 3. The fourth-order valence-electron chi connectivity index (χ4n) is 1.57. The zero-order valence-corrected chi connectivity index (χ0v) is 11.1. The molecule has 0 bridgehead atoms. The Balaban J connectivity index is 0.00000289. The minimum Gasteiger partial charge on any atom is -0.330 e. The molecule has 0 unspecified atom stereocenters. The summed E-state index contributed by atoms with van der Waals surface area (Å²) in [6, 6.07) is 5.91. The van der Waals surface area contributed by atoms with E-state index in [0.717, 1.165) is 25.7 Å². The predicted molar refractivity (Wildman–Crippen MR) is 74.4 cm³/mol. The van der Waals surface area contributed by atoms with Crippen LogP contribution in [0.5, 0.6) is 0 Å². The van der Waals surface area contributed by atoms with Crippen molar-refractivity contribution in [2.45, 2.75) is 32.1 Å². The molecule has 102 valence electrons. The summed E-state index contributed by atoms with van der Waals surface area (Å²) in [6.07, 6.45) is 4.39. The van der Waals surface area contributed by atoms with Crippen LogP contribution < -0.4 is 11.1 Å². The van der Waals surface area contributed by atoms with Crippen LogP contribution in [0.15, 0.2) is 24.3 Å². The molecule has 5 heteroatoms. The second kappa shape index (κ2) is 9.85. The zero-order chi connectivity index (χ0) is 12.5. The first-order valence-electron chi connectivity index (χ1n) is 5.98. The molecular weight excluding hydrogens is 255 g/mol. The van der Waals surface area contributed by atoms with E-state index in [1.54, 1.807) is 12.1 Å². The monoisotopic (exact) mass is 274 g/mol. The highest BCUT2D eigenvalue weighted by Gasteiger charge is 2.02. The number of carbonyl (C=O) groups excluding carboxylic acids is 1. The molecule has 1 aromatic rings. The minimum absolute atomic E-state index is 0. The number of amides is 1. The zero-order valence-electron chi connectivity index (χ0n) is 10.3. The normalized spacial score (nSPS) is 9.67. The van der Waals surface area contributed by atoms with Crippen LogP contribution in [0.1, 0.15) is 32.1 Å². The van der Waals surface area contributed by atoms with Crippen molar-refractivity contribution >= 4 is 24.0 Å². The Kier molecular flexibility index (Phi) is 9.24. The van der Waals surface area contributed by atoms with Gasteiger partial charge in [-0.25, -0.2) is 4.39 Å². The van der Waals surface area contributed by atoms with Gasteiger partial charge in [0.15, 0.2) is 0 Å². The Morgan fingerprint density at radius 3 is 2.61 bits per heavy atom. The fraction of sp³-hybridized carbons (Fsp3) is 0.462. The van der Waals surface area contributed by atoms with Crippen LogP contribution in [0, 0.1) is 5.82 Å². The van der Waals surface area contributed by atoms with Gasteiger partial charge >= 0.3 is 0 Å². The summed E-state index contributed by atoms with van der Waals surface area (Å²) < 4.78 is 12.8. The van der Waals surface area contributed by atoms with Crippen molar-refractivity contribution in [3.05, 3.63) is 30.1 Å².